The first-order valence-electron chi connectivity index (χ1n) is 9.92. The molecule has 0 bridgehead atoms. The van der Waals surface area contributed by atoms with Crippen molar-refractivity contribution in [3.63, 3.8) is 0 Å². The number of hydrogen-bond donors (Lipinski definition) is 1. The maximum Gasteiger partial charge on any atom is 0.225 e. The SMILES string of the molecule is O=C(C1CCC(Nc2ncccn2)CC1)N1CCN(c2ccccc2)CC1. The Morgan fingerprint density at radius 2 is 1.56 bits per heavy atom. The molecule has 2 aromatic rings. The highest BCUT2D eigenvalue weighted by molar-refractivity contribution is 5.79. The van der Waals surface area contributed by atoms with Gasteiger partial charge in [-0.3, -0.25) is 4.79 Å². The van der Waals surface area contributed by atoms with E-state index in [-0.39, 0.29) is 5.92 Å². The molecule has 0 unspecified atom stereocenters. The second-order valence-electron chi connectivity index (χ2n) is 7.41. The molecule has 4 rings (SSSR count). The van der Waals surface area contributed by atoms with E-state index in [0.29, 0.717) is 17.9 Å². The Bertz CT molecular complexity index is 723. The van der Waals surface area contributed by atoms with Crippen LogP contribution >= 0.6 is 0 Å². The number of carbonyl (C=O) groups excluding carboxylic acids is 1. The van der Waals surface area contributed by atoms with Gasteiger partial charge in [-0.2, -0.15) is 0 Å². The molecule has 1 aromatic carbocycles. The quantitative estimate of drug-likeness (QED) is 0.903. The Morgan fingerprint density at radius 1 is 0.889 bits per heavy atom. The molecule has 1 saturated heterocycles. The van der Waals surface area contributed by atoms with Crippen molar-refractivity contribution in [3.05, 3.63) is 48.8 Å². The van der Waals surface area contributed by atoms with Crippen molar-refractivity contribution < 1.29 is 4.79 Å². The van der Waals surface area contributed by atoms with Crippen LogP contribution in [0.1, 0.15) is 25.7 Å². The van der Waals surface area contributed by atoms with Crippen LogP contribution in [-0.2, 0) is 4.79 Å². The van der Waals surface area contributed by atoms with Gasteiger partial charge < -0.3 is 15.1 Å². The van der Waals surface area contributed by atoms with Crippen molar-refractivity contribution in [2.45, 2.75) is 31.7 Å². The number of para-hydroxylation sites is 1. The number of benzene rings is 1. The van der Waals surface area contributed by atoms with E-state index in [4.69, 9.17) is 0 Å². The summed E-state index contributed by atoms with van der Waals surface area (Å²) in [4.78, 5) is 25.8. The van der Waals surface area contributed by atoms with Gasteiger partial charge in [0.2, 0.25) is 11.9 Å². The molecular weight excluding hydrogens is 338 g/mol. The molecule has 1 aliphatic carbocycles. The van der Waals surface area contributed by atoms with Gasteiger partial charge in [0, 0.05) is 56.2 Å². The van der Waals surface area contributed by atoms with E-state index >= 15 is 0 Å². The first-order valence-corrected chi connectivity index (χ1v) is 9.92. The summed E-state index contributed by atoms with van der Waals surface area (Å²) >= 11 is 0. The summed E-state index contributed by atoms with van der Waals surface area (Å²) in [6, 6.07) is 12.6. The number of aromatic nitrogens is 2. The van der Waals surface area contributed by atoms with E-state index in [1.54, 1.807) is 12.4 Å². The molecule has 1 aliphatic heterocycles. The molecule has 1 saturated carbocycles. The van der Waals surface area contributed by atoms with E-state index in [2.05, 4.69) is 49.4 Å². The highest BCUT2D eigenvalue weighted by Crippen LogP contribution is 2.28. The molecule has 1 amide bonds. The molecule has 0 atom stereocenters. The van der Waals surface area contributed by atoms with Crippen molar-refractivity contribution in [1.29, 1.82) is 0 Å². The van der Waals surface area contributed by atoms with E-state index in [0.717, 1.165) is 51.9 Å². The lowest BCUT2D eigenvalue weighted by Gasteiger charge is -2.38. The number of nitrogens with zero attached hydrogens (tertiary/aromatic N) is 4. The summed E-state index contributed by atoms with van der Waals surface area (Å²) in [6.07, 6.45) is 7.39. The van der Waals surface area contributed by atoms with Gasteiger partial charge in [-0.05, 0) is 43.9 Å². The van der Waals surface area contributed by atoms with E-state index in [1.165, 1.54) is 5.69 Å². The summed E-state index contributed by atoms with van der Waals surface area (Å²) in [6.45, 7) is 3.48. The summed E-state index contributed by atoms with van der Waals surface area (Å²) < 4.78 is 0. The summed E-state index contributed by atoms with van der Waals surface area (Å²) in [5, 5.41) is 3.39. The second kappa shape index (κ2) is 8.37. The standard InChI is InChI=1S/C21H27N5O/c27-20(26-15-13-25(14-16-26)19-5-2-1-3-6-19)17-7-9-18(10-8-17)24-21-22-11-4-12-23-21/h1-6,11-12,17-18H,7-10,13-16H2,(H,22,23,24). The van der Waals surface area contributed by atoms with E-state index in [9.17, 15) is 4.79 Å². The van der Waals surface area contributed by atoms with Crippen molar-refractivity contribution in [2.75, 3.05) is 36.4 Å². The molecule has 6 nitrogen and oxygen atoms in total. The Morgan fingerprint density at radius 3 is 2.22 bits per heavy atom. The van der Waals surface area contributed by atoms with Gasteiger partial charge in [0.05, 0.1) is 0 Å². The zero-order valence-corrected chi connectivity index (χ0v) is 15.6. The number of anilines is 2. The summed E-state index contributed by atoms with van der Waals surface area (Å²) in [5.41, 5.74) is 1.25. The van der Waals surface area contributed by atoms with E-state index < -0.39 is 0 Å². The van der Waals surface area contributed by atoms with Crippen molar-refractivity contribution in [1.82, 2.24) is 14.9 Å². The molecule has 6 heteroatoms. The number of hydrogen-bond acceptors (Lipinski definition) is 5. The van der Waals surface area contributed by atoms with Gasteiger partial charge in [0.25, 0.3) is 0 Å². The second-order valence-corrected chi connectivity index (χ2v) is 7.41. The fourth-order valence-corrected chi connectivity index (χ4v) is 4.12. The predicted octanol–water partition coefficient (Wildman–Crippen LogP) is 2.80. The third kappa shape index (κ3) is 4.38. The lowest BCUT2D eigenvalue weighted by atomic mass is 9.85. The number of amides is 1. The van der Waals surface area contributed by atoms with Gasteiger partial charge in [-0.25, -0.2) is 9.97 Å². The molecule has 0 spiro atoms. The Balaban J connectivity index is 1.24. The van der Waals surface area contributed by atoms with Crippen LogP contribution in [0.25, 0.3) is 0 Å². The first kappa shape index (κ1) is 17.8. The van der Waals surface area contributed by atoms with Crippen LogP contribution in [-0.4, -0.2) is 53.0 Å². The topological polar surface area (TPSA) is 61.4 Å². The Kier molecular flexibility index (Phi) is 5.51. The zero-order chi connectivity index (χ0) is 18.5. The zero-order valence-electron chi connectivity index (χ0n) is 15.6. The van der Waals surface area contributed by atoms with Crippen LogP contribution in [0.5, 0.6) is 0 Å². The highest BCUT2D eigenvalue weighted by atomic mass is 16.2. The molecule has 1 aromatic heterocycles. The number of rotatable bonds is 4. The first-order chi connectivity index (χ1) is 13.3. The summed E-state index contributed by atoms with van der Waals surface area (Å²) in [5.74, 6) is 1.20. The highest BCUT2D eigenvalue weighted by Gasteiger charge is 2.31. The maximum absolute atomic E-state index is 12.9. The van der Waals surface area contributed by atoms with Crippen molar-refractivity contribution in [2.24, 2.45) is 5.92 Å². The normalized spacial score (nSPS) is 23.1. The maximum atomic E-state index is 12.9. The fourth-order valence-electron chi connectivity index (χ4n) is 4.12. The molecule has 1 N–H and O–H groups in total. The van der Waals surface area contributed by atoms with Crippen LogP contribution in [0.15, 0.2) is 48.8 Å². The monoisotopic (exact) mass is 365 g/mol. The molecule has 142 valence electrons. The van der Waals surface area contributed by atoms with Crippen LogP contribution in [0, 0.1) is 5.92 Å². The minimum absolute atomic E-state index is 0.169. The Hall–Kier alpha value is -2.63. The third-order valence-corrected chi connectivity index (χ3v) is 5.69. The van der Waals surface area contributed by atoms with Gasteiger partial charge in [-0.15, -0.1) is 0 Å². The van der Waals surface area contributed by atoms with Gasteiger partial charge in [0.15, 0.2) is 0 Å². The number of nitrogens with one attached hydrogen (secondary N) is 1. The minimum Gasteiger partial charge on any atom is -0.368 e. The smallest absolute Gasteiger partial charge is 0.225 e. The van der Waals surface area contributed by atoms with Crippen LogP contribution in [0.4, 0.5) is 11.6 Å². The van der Waals surface area contributed by atoms with Crippen LogP contribution < -0.4 is 10.2 Å². The largest absolute Gasteiger partial charge is 0.368 e. The third-order valence-electron chi connectivity index (χ3n) is 5.69. The van der Waals surface area contributed by atoms with Crippen molar-refractivity contribution >= 4 is 17.5 Å². The average molecular weight is 365 g/mol. The lowest BCUT2D eigenvalue weighted by molar-refractivity contribution is -0.136. The minimum atomic E-state index is 0.169. The van der Waals surface area contributed by atoms with Gasteiger partial charge in [-0.1, -0.05) is 18.2 Å². The predicted molar refractivity (Wildman–Crippen MR) is 107 cm³/mol. The molecule has 2 aliphatic rings. The average Bonchev–Trinajstić information content (AvgIpc) is 2.75. The van der Waals surface area contributed by atoms with Crippen molar-refractivity contribution in [3.8, 4) is 0 Å². The summed E-state index contributed by atoms with van der Waals surface area (Å²) in [7, 11) is 0. The number of piperazine rings is 1. The molecule has 0 radical (unpaired) electrons. The van der Waals surface area contributed by atoms with Crippen LogP contribution in [0.2, 0.25) is 0 Å². The Labute approximate surface area is 160 Å². The molecular formula is C21H27N5O. The van der Waals surface area contributed by atoms with Gasteiger partial charge >= 0.3 is 0 Å². The molecule has 2 heterocycles. The van der Waals surface area contributed by atoms with Gasteiger partial charge in [0.1, 0.15) is 0 Å². The number of carbonyl (C=O) groups is 1. The fraction of sp³-hybridized carbons (Fsp3) is 0.476. The van der Waals surface area contributed by atoms with E-state index in [1.807, 2.05) is 12.1 Å². The molecule has 27 heavy (non-hydrogen) atoms. The molecule has 2 fully saturated rings. The van der Waals surface area contributed by atoms with Crippen LogP contribution in [0.3, 0.4) is 0 Å². The lowest BCUT2D eigenvalue weighted by Crippen LogP contribution is -2.51.